The van der Waals surface area contributed by atoms with Crippen molar-refractivity contribution in [1.82, 2.24) is 4.90 Å². The largest absolute Gasteiger partial charge is 0.452 e. The number of benzene rings is 1. The van der Waals surface area contributed by atoms with Crippen molar-refractivity contribution < 1.29 is 19.1 Å². The highest BCUT2D eigenvalue weighted by atomic mass is 32.2. The Morgan fingerprint density at radius 1 is 1.12 bits per heavy atom. The van der Waals surface area contributed by atoms with E-state index in [0.717, 1.165) is 43.7 Å². The molecule has 1 fully saturated rings. The molecule has 3 rings (SSSR count). The second-order valence-corrected chi connectivity index (χ2v) is 7.72. The summed E-state index contributed by atoms with van der Waals surface area (Å²) >= 11 is 1.58. The van der Waals surface area contributed by atoms with Crippen molar-refractivity contribution in [2.24, 2.45) is 0 Å². The van der Waals surface area contributed by atoms with Crippen LogP contribution >= 0.6 is 11.8 Å². The molecular formula is C19H24N2O4S. The number of hydrogen-bond acceptors (Lipinski definition) is 5. The fraction of sp³-hybridized carbons (Fsp3) is 0.526. The Labute approximate surface area is 157 Å². The molecule has 0 atom stereocenters. The van der Waals surface area contributed by atoms with Crippen LogP contribution in [0.25, 0.3) is 0 Å². The summed E-state index contributed by atoms with van der Waals surface area (Å²) in [6, 6.07) is 5.10. The fourth-order valence-electron chi connectivity index (χ4n) is 3.15. The SMILES string of the molecule is O=C1CCSc2ccc(C(=O)OCC(=O)N3CCCCCCC3)cc2N1. The Morgan fingerprint density at radius 3 is 2.62 bits per heavy atom. The molecule has 2 amide bonds. The van der Waals surface area contributed by atoms with E-state index in [0.29, 0.717) is 23.4 Å². The molecule has 0 unspecified atom stereocenters. The van der Waals surface area contributed by atoms with Gasteiger partial charge in [-0.05, 0) is 31.0 Å². The highest BCUT2D eigenvalue weighted by molar-refractivity contribution is 7.99. The lowest BCUT2D eigenvalue weighted by Gasteiger charge is -2.24. The van der Waals surface area contributed by atoms with Gasteiger partial charge in [0.1, 0.15) is 0 Å². The minimum absolute atomic E-state index is 0.0611. The summed E-state index contributed by atoms with van der Waals surface area (Å²) in [7, 11) is 0. The fourth-order valence-corrected chi connectivity index (χ4v) is 4.08. The van der Waals surface area contributed by atoms with Gasteiger partial charge in [0.15, 0.2) is 6.61 Å². The zero-order chi connectivity index (χ0) is 18.4. The number of fused-ring (bicyclic) bond motifs is 1. The van der Waals surface area contributed by atoms with Gasteiger partial charge in [-0.3, -0.25) is 9.59 Å². The van der Waals surface area contributed by atoms with Crippen molar-refractivity contribution in [2.75, 3.05) is 30.8 Å². The predicted octanol–water partition coefficient (Wildman–Crippen LogP) is 3.07. The van der Waals surface area contributed by atoms with E-state index >= 15 is 0 Å². The average molecular weight is 376 g/mol. The van der Waals surface area contributed by atoms with Gasteiger partial charge in [-0.25, -0.2) is 4.79 Å². The quantitative estimate of drug-likeness (QED) is 0.821. The summed E-state index contributed by atoms with van der Waals surface area (Å²) in [5.74, 6) is -0.0305. The normalized spacial score (nSPS) is 18.0. The number of esters is 1. The Bertz CT molecular complexity index is 684. The van der Waals surface area contributed by atoms with Gasteiger partial charge in [-0.2, -0.15) is 0 Å². The number of carbonyl (C=O) groups excluding carboxylic acids is 3. The van der Waals surface area contributed by atoms with Crippen molar-refractivity contribution in [3.63, 3.8) is 0 Å². The monoisotopic (exact) mass is 376 g/mol. The summed E-state index contributed by atoms with van der Waals surface area (Å²) in [5, 5.41) is 2.80. The minimum Gasteiger partial charge on any atom is -0.452 e. The van der Waals surface area contributed by atoms with Crippen LogP contribution in [0.3, 0.4) is 0 Å². The summed E-state index contributed by atoms with van der Waals surface area (Å²) in [5.41, 5.74) is 0.967. The molecule has 140 valence electrons. The van der Waals surface area contributed by atoms with Crippen LogP contribution in [0.4, 0.5) is 5.69 Å². The minimum atomic E-state index is -0.545. The average Bonchev–Trinajstić information content (AvgIpc) is 2.78. The Morgan fingerprint density at radius 2 is 1.85 bits per heavy atom. The summed E-state index contributed by atoms with van der Waals surface area (Å²) in [6.45, 7) is 1.23. The van der Waals surface area contributed by atoms with Crippen LogP contribution in [-0.4, -0.2) is 48.1 Å². The Balaban J connectivity index is 1.57. The van der Waals surface area contributed by atoms with E-state index in [9.17, 15) is 14.4 Å². The molecule has 7 heteroatoms. The number of carbonyl (C=O) groups is 3. The Hall–Kier alpha value is -2.02. The smallest absolute Gasteiger partial charge is 0.338 e. The first-order valence-corrected chi connectivity index (χ1v) is 10.1. The molecule has 0 radical (unpaired) electrons. The predicted molar refractivity (Wildman–Crippen MR) is 100 cm³/mol. The van der Waals surface area contributed by atoms with Gasteiger partial charge < -0.3 is 15.0 Å². The van der Waals surface area contributed by atoms with Crippen molar-refractivity contribution in [1.29, 1.82) is 0 Å². The first-order chi connectivity index (χ1) is 12.6. The molecule has 1 saturated heterocycles. The number of rotatable bonds is 3. The van der Waals surface area contributed by atoms with Gasteiger partial charge >= 0.3 is 5.97 Å². The van der Waals surface area contributed by atoms with E-state index in [1.54, 1.807) is 28.8 Å². The third kappa shape index (κ3) is 5.00. The third-order valence-corrected chi connectivity index (χ3v) is 5.69. The maximum atomic E-state index is 12.3. The maximum Gasteiger partial charge on any atom is 0.338 e. The first-order valence-electron chi connectivity index (χ1n) is 9.15. The van der Waals surface area contributed by atoms with Gasteiger partial charge in [0.05, 0.1) is 11.3 Å². The molecule has 0 aromatic heterocycles. The van der Waals surface area contributed by atoms with Crippen LogP contribution in [0.2, 0.25) is 0 Å². The standard InChI is InChI=1S/C19H24N2O4S/c22-17-8-11-26-16-7-6-14(12-15(16)20-17)19(24)25-13-18(23)21-9-4-2-1-3-5-10-21/h6-7,12H,1-5,8-11,13H2,(H,20,22). The van der Waals surface area contributed by atoms with E-state index in [1.807, 2.05) is 6.07 Å². The van der Waals surface area contributed by atoms with Crippen molar-refractivity contribution in [2.45, 2.75) is 43.4 Å². The van der Waals surface area contributed by atoms with Crippen molar-refractivity contribution in [3.05, 3.63) is 23.8 Å². The number of amides is 2. The van der Waals surface area contributed by atoms with Gasteiger partial charge in [0, 0.05) is 30.2 Å². The molecule has 0 saturated carbocycles. The van der Waals surface area contributed by atoms with Crippen molar-refractivity contribution in [3.8, 4) is 0 Å². The van der Waals surface area contributed by atoms with Gasteiger partial charge in [0.2, 0.25) is 5.91 Å². The summed E-state index contributed by atoms with van der Waals surface area (Å²) in [4.78, 5) is 39.0. The van der Waals surface area contributed by atoms with Crippen LogP contribution < -0.4 is 5.32 Å². The molecule has 26 heavy (non-hydrogen) atoms. The summed E-state index contributed by atoms with van der Waals surface area (Å²) in [6.07, 6.45) is 5.96. The Kier molecular flexibility index (Phi) is 6.55. The van der Waals surface area contributed by atoms with Crippen LogP contribution in [0, 0.1) is 0 Å². The molecule has 1 aromatic rings. The lowest BCUT2D eigenvalue weighted by Crippen LogP contribution is -2.36. The zero-order valence-corrected chi connectivity index (χ0v) is 15.6. The first kappa shape index (κ1) is 18.8. The number of thioether (sulfide) groups is 1. The molecule has 0 aliphatic carbocycles. The molecule has 1 N–H and O–H groups in total. The summed E-state index contributed by atoms with van der Waals surface area (Å²) < 4.78 is 5.21. The van der Waals surface area contributed by atoms with Crippen LogP contribution in [0.5, 0.6) is 0 Å². The second kappa shape index (κ2) is 9.07. The molecule has 0 spiro atoms. The molecule has 2 aliphatic heterocycles. The van der Waals surface area contributed by atoms with E-state index < -0.39 is 5.97 Å². The number of ether oxygens (including phenoxy) is 1. The molecule has 1 aromatic carbocycles. The van der Waals surface area contributed by atoms with Crippen LogP contribution in [0.1, 0.15) is 48.9 Å². The zero-order valence-electron chi connectivity index (χ0n) is 14.8. The van der Waals surface area contributed by atoms with Gasteiger partial charge in [-0.1, -0.05) is 19.3 Å². The van der Waals surface area contributed by atoms with Crippen LogP contribution in [0.15, 0.2) is 23.1 Å². The molecule has 0 bridgehead atoms. The van der Waals surface area contributed by atoms with Crippen molar-refractivity contribution >= 4 is 35.2 Å². The van der Waals surface area contributed by atoms with E-state index in [1.165, 1.54) is 6.42 Å². The van der Waals surface area contributed by atoms with E-state index in [-0.39, 0.29) is 18.4 Å². The van der Waals surface area contributed by atoms with Gasteiger partial charge in [0.25, 0.3) is 5.91 Å². The molecule has 6 nitrogen and oxygen atoms in total. The number of nitrogens with zero attached hydrogens (tertiary/aromatic N) is 1. The highest BCUT2D eigenvalue weighted by Gasteiger charge is 2.19. The maximum absolute atomic E-state index is 12.3. The molecule has 2 heterocycles. The molecule has 2 aliphatic rings. The van der Waals surface area contributed by atoms with Gasteiger partial charge in [-0.15, -0.1) is 11.8 Å². The second-order valence-electron chi connectivity index (χ2n) is 6.58. The number of likely N-dealkylation sites (tertiary alicyclic amines) is 1. The highest BCUT2D eigenvalue weighted by Crippen LogP contribution is 2.31. The third-order valence-electron chi connectivity index (χ3n) is 4.61. The number of nitrogens with one attached hydrogen (secondary N) is 1. The lowest BCUT2D eigenvalue weighted by molar-refractivity contribution is -0.134. The number of anilines is 1. The van der Waals surface area contributed by atoms with Crippen LogP contribution in [-0.2, 0) is 14.3 Å². The lowest BCUT2D eigenvalue weighted by atomic mass is 10.1. The van der Waals surface area contributed by atoms with E-state index in [2.05, 4.69) is 5.32 Å². The molecular weight excluding hydrogens is 352 g/mol. The van der Waals surface area contributed by atoms with E-state index in [4.69, 9.17) is 4.74 Å². The topological polar surface area (TPSA) is 75.7 Å². The number of hydrogen-bond donors (Lipinski definition) is 1.